The fourth-order valence-corrected chi connectivity index (χ4v) is 4.06. The van der Waals surface area contributed by atoms with Gasteiger partial charge in [0.15, 0.2) is 0 Å². The highest BCUT2D eigenvalue weighted by atomic mass is 16.2. The number of ketones is 1. The molecule has 0 bridgehead atoms. The highest BCUT2D eigenvalue weighted by molar-refractivity contribution is 6.00. The zero-order valence-corrected chi connectivity index (χ0v) is 13.6. The molecule has 1 amide bonds. The van der Waals surface area contributed by atoms with E-state index >= 15 is 0 Å². The lowest BCUT2D eigenvalue weighted by Crippen LogP contribution is -2.57. The predicted molar refractivity (Wildman–Crippen MR) is 86.5 cm³/mol. The van der Waals surface area contributed by atoms with Crippen molar-refractivity contribution in [1.29, 1.82) is 0 Å². The maximum atomic E-state index is 13.3. The Morgan fingerprint density at radius 3 is 2.45 bits per heavy atom. The molecule has 1 heterocycles. The molecule has 0 saturated heterocycles. The number of amides is 1. The predicted octanol–water partition coefficient (Wildman–Crippen LogP) is 3.10. The van der Waals surface area contributed by atoms with Crippen LogP contribution in [0.2, 0.25) is 0 Å². The number of carbonyl (C=O) groups excluding carboxylic acids is 2. The van der Waals surface area contributed by atoms with Gasteiger partial charge in [0.1, 0.15) is 5.78 Å². The maximum absolute atomic E-state index is 13.3. The third kappa shape index (κ3) is 1.88. The number of fused-ring (bicyclic) bond motifs is 1. The van der Waals surface area contributed by atoms with E-state index in [1.54, 1.807) is 0 Å². The largest absolute Gasteiger partial charge is 0.338 e. The SMILES string of the molecule is CCN1CC=C2C(C)(C)C(=O)CCC2(c2ccccc2)C1=O. The van der Waals surface area contributed by atoms with Crippen molar-refractivity contribution in [2.45, 2.75) is 39.0 Å². The second-order valence-corrected chi connectivity index (χ2v) is 6.78. The first-order valence-electron chi connectivity index (χ1n) is 8.04. The summed E-state index contributed by atoms with van der Waals surface area (Å²) >= 11 is 0. The molecule has 2 aliphatic rings. The summed E-state index contributed by atoms with van der Waals surface area (Å²) in [5.74, 6) is 0.391. The number of nitrogens with zero attached hydrogens (tertiary/aromatic N) is 1. The van der Waals surface area contributed by atoms with Gasteiger partial charge >= 0.3 is 0 Å². The van der Waals surface area contributed by atoms with Crippen LogP contribution in [0.4, 0.5) is 0 Å². The van der Waals surface area contributed by atoms with Crippen LogP contribution >= 0.6 is 0 Å². The Kier molecular flexibility index (Phi) is 3.47. The van der Waals surface area contributed by atoms with Crippen LogP contribution in [-0.4, -0.2) is 29.7 Å². The topological polar surface area (TPSA) is 37.4 Å². The standard InChI is InChI=1S/C19H23NO2/c1-4-20-13-11-15-18(2,3)16(21)10-12-19(15,17(20)22)14-8-6-5-7-9-14/h5-9,11H,4,10,12-13H2,1-3H3. The van der Waals surface area contributed by atoms with Gasteiger partial charge in [-0.05, 0) is 38.3 Å². The van der Waals surface area contributed by atoms with E-state index in [4.69, 9.17) is 0 Å². The van der Waals surface area contributed by atoms with E-state index < -0.39 is 10.8 Å². The lowest BCUT2D eigenvalue weighted by Gasteiger charge is -2.50. The number of hydrogen-bond acceptors (Lipinski definition) is 2. The van der Waals surface area contributed by atoms with Crippen LogP contribution in [0, 0.1) is 5.41 Å². The van der Waals surface area contributed by atoms with E-state index in [2.05, 4.69) is 6.08 Å². The number of rotatable bonds is 2. The summed E-state index contributed by atoms with van der Waals surface area (Å²) in [7, 11) is 0. The minimum absolute atomic E-state index is 0.152. The molecule has 1 atom stereocenters. The molecule has 1 aliphatic carbocycles. The second-order valence-electron chi connectivity index (χ2n) is 6.78. The molecule has 0 spiro atoms. The zero-order valence-electron chi connectivity index (χ0n) is 13.6. The molecular weight excluding hydrogens is 274 g/mol. The van der Waals surface area contributed by atoms with Crippen LogP contribution in [0.25, 0.3) is 0 Å². The van der Waals surface area contributed by atoms with Gasteiger partial charge in [-0.2, -0.15) is 0 Å². The Hall–Kier alpha value is -1.90. The summed E-state index contributed by atoms with van der Waals surface area (Å²) in [5.41, 5.74) is 0.790. The molecule has 3 rings (SSSR count). The first kappa shape index (κ1) is 15.0. The molecule has 1 unspecified atom stereocenters. The normalized spacial score (nSPS) is 27.4. The van der Waals surface area contributed by atoms with Gasteiger partial charge in [0.2, 0.25) is 5.91 Å². The van der Waals surface area contributed by atoms with Crippen LogP contribution in [0.15, 0.2) is 42.0 Å². The van der Waals surface area contributed by atoms with Crippen LogP contribution in [0.3, 0.4) is 0 Å². The highest BCUT2D eigenvalue weighted by Gasteiger charge is 2.56. The molecule has 3 heteroatoms. The number of likely N-dealkylation sites (N-methyl/N-ethyl adjacent to an activating group) is 1. The van der Waals surface area contributed by atoms with Crippen molar-refractivity contribution in [2.24, 2.45) is 5.41 Å². The molecule has 22 heavy (non-hydrogen) atoms. The third-order valence-corrected chi connectivity index (χ3v) is 5.37. The number of carbonyl (C=O) groups is 2. The summed E-state index contributed by atoms with van der Waals surface area (Å²) in [5, 5.41) is 0. The highest BCUT2D eigenvalue weighted by Crippen LogP contribution is 2.52. The monoisotopic (exact) mass is 297 g/mol. The van der Waals surface area contributed by atoms with Crippen molar-refractivity contribution in [1.82, 2.24) is 4.90 Å². The molecule has 0 radical (unpaired) electrons. The van der Waals surface area contributed by atoms with Gasteiger partial charge in [-0.1, -0.05) is 36.4 Å². The van der Waals surface area contributed by atoms with Gasteiger partial charge in [-0.3, -0.25) is 9.59 Å². The van der Waals surface area contributed by atoms with E-state index in [-0.39, 0.29) is 11.7 Å². The molecule has 1 aromatic rings. The van der Waals surface area contributed by atoms with E-state index in [1.165, 1.54) is 0 Å². The minimum atomic E-state index is -0.660. The van der Waals surface area contributed by atoms with Gasteiger partial charge < -0.3 is 4.90 Å². The number of benzene rings is 1. The first-order valence-corrected chi connectivity index (χ1v) is 8.04. The van der Waals surface area contributed by atoms with Crippen molar-refractivity contribution in [3.8, 4) is 0 Å². The summed E-state index contributed by atoms with van der Waals surface area (Å²) in [6.45, 7) is 7.25. The molecule has 0 aromatic heterocycles. The molecule has 1 fully saturated rings. The molecule has 1 saturated carbocycles. The lowest BCUT2D eigenvalue weighted by atomic mass is 9.55. The summed E-state index contributed by atoms with van der Waals surface area (Å²) in [6.07, 6.45) is 3.16. The quantitative estimate of drug-likeness (QED) is 0.787. The van der Waals surface area contributed by atoms with Crippen molar-refractivity contribution < 1.29 is 9.59 Å². The number of hydrogen-bond donors (Lipinski definition) is 0. The zero-order chi connectivity index (χ0) is 16.0. The minimum Gasteiger partial charge on any atom is -0.338 e. The van der Waals surface area contributed by atoms with Crippen molar-refractivity contribution in [2.75, 3.05) is 13.1 Å². The first-order chi connectivity index (χ1) is 10.4. The fraction of sp³-hybridized carbons (Fsp3) is 0.474. The van der Waals surface area contributed by atoms with Crippen molar-refractivity contribution in [3.05, 3.63) is 47.5 Å². The van der Waals surface area contributed by atoms with E-state index in [9.17, 15) is 9.59 Å². The Balaban J connectivity index is 2.25. The van der Waals surface area contributed by atoms with E-state index in [0.29, 0.717) is 25.9 Å². The van der Waals surface area contributed by atoms with Crippen LogP contribution in [0.5, 0.6) is 0 Å². The molecule has 1 aromatic carbocycles. The maximum Gasteiger partial charge on any atom is 0.237 e. The smallest absolute Gasteiger partial charge is 0.237 e. The fourth-order valence-electron chi connectivity index (χ4n) is 4.06. The molecular formula is C19H23NO2. The molecule has 3 nitrogen and oxygen atoms in total. The van der Waals surface area contributed by atoms with Crippen molar-refractivity contribution >= 4 is 11.7 Å². The molecule has 116 valence electrons. The molecule has 0 N–H and O–H groups in total. The lowest BCUT2D eigenvalue weighted by molar-refractivity contribution is -0.140. The van der Waals surface area contributed by atoms with Gasteiger partial charge in [-0.25, -0.2) is 0 Å². The van der Waals surface area contributed by atoms with Gasteiger partial charge in [0.25, 0.3) is 0 Å². The average molecular weight is 297 g/mol. The Morgan fingerprint density at radius 2 is 1.82 bits per heavy atom. The number of Topliss-reactive ketones (excluding diaryl/α,β-unsaturated/α-hetero) is 1. The summed E-state index contributed by atoms with van der Waals surface area (Å²) < 4.78 is 0. The third-order valence-electron chi connectivity index (χ3n) is 5.37. The average Bonchev–Trinajstić information content (AvgIpc) is 2.53. The summed E-state index contributed by atoms with van der Waals surface area (Å²) in [6, 6.07) is 9.97. The Labute approximate surface area is 132 Å². The molecule has 1 aliphatic heterocycles. The van der Waals surface area contributed by atoms with Gasteiger partial charge in [-0.15, -0.1) is 0 Å². The summed E-state index contributed by atoms with van der Waals surface area (Å²) in [4.78, 5) is 27.6. The Bertz CT molecular complexity index is 645. The van der Waals surface area contributed by atoms with Gasteiger partial charge in [0.05, 0.1) is 5.41 Å². The van der Waals surface area contributed by atoms with Crippen LogP contribution < -0.4 is 0 Å². The van der Waals surface area contributed by atoms with Crippen LogP contribution in [-0.2, 0) is 15.0 Å². The second kappa shape index (κ2) is 5.08. The van der Waals surface area contributed by atoms with E-state index in [0.717, 1.165) is 11.1 Å². The Morgan fingerprint density at radius 1 is 1.14 bits per heavy atom. The van der Waals surface area contributed by atoms with Crippen molar-refractivity contribution in [3.63, 3.8) is 0 Å². The van der Waals surface area contributed by atoms with Crippen LogP contribution in [0.1, 0.15) is 39.2 Å². The van der Waals surface area contributed by atoms with E-state index in [1.807, 2.05) is 56.0 Å². The van der Waals surface area contributed by atoms with Gasteiger partial charge in [0, 0.05) is 24.9 Å².